The van der Waals surface area contributed by atoms with Crippen LogP contribution in [0.5, 0.6) is 0 Å². The maximum absolute atomic E-state index is 12.5. The summed E-state index contributed by atoms with van der Waals surface area (Å²) in [6.45, 7) is 0. The lowest BCUT2D eigenvalue weighted by Crippen LogP contribution is -2.15. The molecule has 1 N–H and O–H groups in total. The molecular weight excluding hydrogens is 343 g/mol. The quantitative estimate of drug-likeness (QED) is 0.910. The molecular formula is C15H10F3N3O4. The molecule has 0 aromatic carbocycles. The number of aromatic nitrogens is 3. The van der Waals surface area contributed by atoms with Crippen LogP contribution in [0.4, 0.5) is 13.2 Å². The lowest BCUT2D eigenvalue weighted by molar-refractivity contribution is -0.138. The van der Waals surface area contributed by atoms with Gasteiger partial charge in [-0.25, -0.2) is 14.6 Å². The maximum Gasteiger partial charge on any atom is 0.443 e. The molecule has 0 saturated heterocycles. The van der Waals surface area contributed by atoms with E-state index >= 15 is 0 Å². The summed E-state index contributed by atoms with van der Waals surface area (Å²) in [5, 5.41) is 12.9. The molecule has 10 heteroatoms. The molecule has 2 heterocycles. The monoisotopic (exact) mass is 353 g/mol. The van der Waals surface area contributed by atoms with Crippen LogP contribution in [-0.4, -0.2) is 25.8 Å². The van der Waals surface area contributed by atoms with Gasteiger partial charge in [-0.1, -0.05) is 6.08 Å². The van der Waals surface area contributed by atoms with Gasteiger partial charge in [0.2, 0.25) is 5.89 Å². The number of carboxylic acids is 1. The third-order valence-electron chi connectivity index (χ3n) is 3.47. The highest BCUT2D eigenvalue weighted by Gasteiger charge is 2.31. The van der Waals surface area contributed by atoms with E-state index in [9.17, 15) is 22.8 Å². The summed E-state index contributed by atoms with van der Waals surface area (Å²) in [6.07, 6.45) is -0.203. The summed E-state index contributed by atoms with van der Waals surface area (Å²) in [5.74, 6) is -2.31. The number of allylic oxidation sites excluding steroid dienone is 3. The fourth-order valence-electron chi connectivity index (χ4n) is 2.24. The van der Waals surface area contributed by atoms with Crippen molar-refractivity contribution < 1.29 is 27.5 Å². The third kappa shape index (κ3) is 3.37. The van der Waals surface area contributed by atoms with Crippen molar-refractivity contribution in [2.75, 3.05) is 0 Å². The van der Waals surface area contributed by atoms with E-state index in [2.05, 4.69) is 10.1 Å². The molecule has 0 amide bonds. The van der Waals surface area contributed by atoms with Gasteiger partial charge in [0.05, 0.1) is 5.56 Å². The molecule has 130 valence electrons. The van der Waals surface area contributed by atoms with Crippen molar-refractivity contribution in [3.8, 4) is 5.82 Å². The minimum atomic E-state index is -4.55. The molecule has 0 bridgehead atoms. The molecule has 0 spiro atoms. The summed E-state index contributed by atoms with van der Waals surface area (Å²) in [6, 6.07) is 1.76. The van der Waals surface area contributed by atoms with Crippen molar-refractivity contribution in [2.24, 2.45) is 0 Å². The SMILES string of the molecule is O=C(O)C1=CC(c2nn(-c3ccc(C(F)(F)F)cn3)c(=O)o2)=CCC1. The average Bonchev–Trinajstić information content (AvgIpc) is 2.96. The molecule has 3 rings (SSSR count). The molecule has 7 nitrogen and oxygen atoms in total. The van der Waals surface area contributed by atoms with Gasteiger partial charge >= 0.3 is 17.9 Å². The Morgan fingerprint density at radius 2 is 2.08 bits per heavy atom. The number of alkyl halides is 3. The third-order valence-corrected chi connectivity index (χ3v) is 3.47. The molecule has 2 aromatic rings. The molecule has 2 aromatic heterocycles. The number of carbonyl (C=O) groups is 1. The summed E-state index contributed by atoms with van der Waals surface area (Å²) >= 11 is 0. The second-order valence-electron chi connectivity index (χ2n) is 5.16. The first-order valence-corrected chi connectivity index (χ1v) is 7.04. The zero-order valence-corrected chi connectivity index (χ0v) is 12.4. The second-order valence-corrected chi connectivity index (χ2v) is 5.16. The maximum atomic E-state index is 12.5. The standard InChI is InChI=1S/C15H10F3N3O4/c16-15(17,18)10-4-5-11(19-7-10)21-14(24)25-12(20-21)8-2-1-3-9(6-8)13(22)23/h2,4-7H,1,3H2,(H,22,23). The minimum absolute atomic E-state index is 0.134. The van der Waals surface area contributed by atoms with Crippen LogP contribution in [0.25, 0.3) is 11.4 Å². The number of hydrogen-bond acceptors (Lipinski definition) is 5. The number of pyridine rings is 1. The van der Waals surface area contributed by atoms with Crippen LogP contribution >= 0.6 is 0 Å². The van der Waals surface area contributed by atoms with Crippen molar-refractivity contribution >= 4 is 11.5 Å². The summed E-state index contributed by atoms with van der Waals surface area (Å²) < 4.78 is 43.3. The first-order valence-electron chi connectivity index (χ1n) is 7.04. The highest BCUT2D eigenvalue weighted by Crippen LogP contribution is 2.28. The largest absolute Gasteiger partial charge is 0.478 e. The minimum Gasteiger partial charge on any atom is -0.478 e. The zero-order valence-electron chi connectivity index (χ0n) is 12.4. The van der Waals surface area contributed by atoms with Crippen LogP contribution in [0.3, 0.4) is 0 Å². The Morgan fingerprint density at radius 1 is 1.32 bits per heavy atom. The molecule has 1 aliphatic rings. The smallest absolute Gasteiger partial charge is 0.443 e. The van der Waals surface area contributed by atoms with Crippen molar-refractivity contribution in [1.29, 1.82) is 0 Å². The normalized spacial score (nSPS) is 14.8. The van der Waals surface area contributed by atoms with Crippen molar-refractivity contribution in [3.63, 3.8) is 0 Å². The molecule has 0 radical (unpaired) electrons. The van der Waals surface area contributed by atoms with E-state index < -0.39 is 23.5 Å². The second kappa shape index (κ2) is 6.04. The Balaban J connectivity index is 1.95. The first kappa shape index (κ1) is 16.7. The number of aliphatic carboxylic acids is 1. The molecule has 0 unspecified atom stereocenters. The van der Waals surface area contributed by atoms with Gasteiger partial charge in [0.1, 0.15) is 0 Å². The van der Waals surface area contributed by atoms with Gasteiger partial charge in [-0.15, -0.1) is 9.78 Å². The van der Waals surface area contributed by atoms with Gasteiger partial charge in [0, 0.05) is 17.3 Å². The van der Waals surface area contributed by atoms with E-state index in [0.29, 0.717) is 29.3 Å². The Morgan fingerprint density at radius 3 is 2.68 bits per heavy atom. The number of hydrogen-bond donors (Lipinski definition) is 1. The molecule has 1 aliphatic carbocycles. The fraction of sp³-hybridized carbons (Fsp3) is 0.200. The van der Waals surface area contributed by atoms with E-state index in [-0.39, 0.29) is 17.3 Å². The van der Waals surface area contributed by atoms with E-state index in [0.717, 1.165) is 12.1 Å². The molecule has 0 atom stereocenters. The fourth-order valence-corrected chi connectivity index (χ4v) is 2.24. The predicted molar refractivity (Wildman–Crippen MR) is 77.8 cm³/mol. The topological polar surface area (TPSA) is 98.2 Å². The number of halogens is 3. The number of rotatable bonds is 3. The van der Waals surface area contributed by atoms with E-state index in [1.165, 1.54) is 6.08 Å². The first-order chi connectivity index (χ1) is 11.8. The summed E-state index contributed by atoms with van der Waals surface area (Å²) in [7, 11) is 0. The Hall–Kier alpha value is -3.17. The van der Waals surface area contributed by atoms with Crippen LogP contribution in [0.15, 0.2) is 45.3 Å². The van der Waals surface area contributed by atoms with Crippen molar-refractivity contribution in [3.05, 3.63) is 58.1 Å². The van der Waals surface area contributed by atoms with Crippen LogP contribution in [0.1, 0.15) is 24.3 Å². The number of nitrogens with zero attached hydrogens (tertiary/aromatic N) is 3. The highest BCUT2D eigenvalue weighted by molar-refractivity contribution is 5.91. The van der Waals surface area contributed by atoms with Gasteiger partial charge < -0.3 is 9.52 Å². The lowest BCUT2D eigenvalue weighted by Gasteiger charge is -2.07. The van der Waals surface area contributed by atoms with Gasteiger partial charge in [0.15, 0.2) is 5.82 Å². The molecule has 0 saturated carbocycles. The Labute approximate surface area is 137 Å². The highest BCUT2D eigenvalue weighted by atomic mass is 19.4. The van der Waals surface area contributed by atoms with E-state index in [1.54, 1.807) is 6.08 Å². The summed E-state index contributed by atoms with van der Waals surface area (Å²) in [5.41, 5.74) is -0.509. The molecule has 25 heavy (non-hydrogen) atoms. The zero-order chi connectivity index (χ0) is 18.2. The van der Waals surface area contributed by atoms with E-state index in [1.807, 2.05) is 0 Å². The lowest BCUT2D eigenvalue weighted by atomic mass is 9.99. The number of carboxylic acid groups (broad SMARTS) is 1. The Kier molecular flexibility index (Phi) is 4.03. The van der Waals surface area contributed by atoms with E-state index in [4.69, 9.17) is 9.52 Å². The van der Waals surface area contributed by atoms with Gasteiger partial charge in [-0.2, -0.15) is 13.2 Å². The molecule has 0 aliphatic heterocycles. The van der Waals surface area contributed by atoms with Crippen molar-refractivity contribution in [1.82, 2.24) is 14.8 Å². The average molecular weight is 353 g/mol. The van der Waals surface area contributed by atoms with Crippen molar-refractivity contribution in [2.45, 2.75) is 19.0 Å². The van der Waals surface area contributed by atoms with Crippen LogP contribution in [-0.2, 0) is 11.0 Å². The Bertz CT molecular complexity index is 936. The molecule has 0 fully saturated rings. The predicted octanol–water partition coefficient (Wildman–Crippen LogP) is 2.43. The van der Waals surface area contributed by atoms with Gasteiger partial charge in [0.25, 0.3) is 0 Å². The van der Waals surface area contributed by atoms with Crippen LogP contribution in [0.2, 0.25) is 0 Å². The van der Waals surface area contributed by atoms with Crippen LogP contribution in [0, 0.1) is 0 Å². The van der Waals surface area contributed by atoms with Gasteiger partial charge in [-0.3, -0.25) is 0 Å². The summed E-state index contributed by atoms with van der Waals surface area (Å²) in [4.78, 5) is 26.5. The van der Waals surface area contributed by atoms with Crippen LogP contribution < -0.4 is 5.76 Å². The van der Waals surface area contributed by atoms with Gasteiger partial charge in [-0.05, 0) is 31.1 Å².